The zero-order valence-electron chi connectivity index (χ0n) is 17.8. The van der Waals surface area contributed by atoms with Gasteiger partial charge in [0.15, 0.2) is 6.10 Å². The standard InChI is InChI=1S/C23H22FN3O5S/c1-15-6-12-21(13-7-15)33(30,31)27-19-5-3-4-17(14-19)23(29)26-25-22(28)16(2)32-20-10-8-18(24)9-11-20/h3-14,16,27H,1-2H3,(H,25,28)(H,26,29). The lowest BCUT2D eigenvalue weighted by Crippen LogP contribution is -2.47. The summed E-state index contributed by atoms with van der Waals surface area (Å²) in [4.78, 5) is 24.7. The Labute approximate surface area is 190 Å². The Morgan fingerprint density at radius 1 is 0.939 bits per heavy atom. The monoisotopic (exact) mass is 471 g/mol. The quantitative estimate of drug-likeness (QED) is 0.458. The van der Waals surface area contributed by atoms with Crippen LogP contribution in [-0.2, 0) is 14.8 Å². The van der Waals surface area contributed by atoms with E-state index >= 15 is 0 Å². The molecule has 0 spiro atoms. The van der Waals surface area contributed by atoms with Crippen LogP contribution >= 0.6 is 0 Å². The van der Waals surface area contributed by atoms with Crippen LogP contribution in [0.2, 0.25) is 0 Å². The average Bonchev–Trinajstić information content (AvgIpc) is 2.79. The Balaban J connectivity index is 1.59. The first-order valence-electron chi connectivity index (χ1n) is 9.86. The molecule has 3 aromatic carbocycles. The summed E-state index contributed by atoms with van der Waals surface area (Å²) in [7, 11) is -3.83. The van der Waals surface area contributed by atoms with Crippen LogP contribution in [0.3, 0.4) is 0 Å². The summed E-state index contributed by atoms with van der Waals surface area (Å²) in [6.45, 7) is 3.31. The van der Waals surface area contributed by atoms with Gasteiger partial charge >= 0.3 is 0 Å². The predicted octanol–water partition coefficient (Wildman–Crippen LogP) is 3.16. The molecule has 3 rings (SSSR count). The first kappa shape index (κ1) is 23.7. The maximum atomic E-state index is 13.0. The van der Waals surface area contributed by atoms with Crippen LogP contribution in [0.25, 0.3) is 0 Å². The summed E-state index contributed by atoms with van der Waals surface area (Å²) in [5.74, 6) is -1.44. The summed E-state index contributed by atoms with van der Waals surface area (Å²) in [6, 6.07) is 17.3. The number of ether oxygens (including phenoxy) is 1. The lowest BCUT2D eigenvalue weighted by molar-refractivity contribution is -0.128. The van der Waals surface area contributed by atoms with E-state index in [4.69, 9.17) is 4.74 Å². The molecule has 8 nitrogen and oxygen atoms in total. The number of anilines is 1. The molecular formula is C23H22FN3O5S. The van der Waals surface area contributed by atoms with E-state index in [-0.39, 0.29) is 16.1 Å². The van der Waals surface area contributed by atoms with E-state index in [1.807, 2.05) is 6.92 Å². The molecule has 1 unspecified atom stereocenters. The van der Waals surface area contributed by atoms with Crippen molar-refractivity contribution in [1.82, 2.24) is 10.9 Å². The van der Waals surface area contributed by atoms with Crippen molar-refractivity contribution in [2.24, 2.45) is 0 Å². The Hall–Kier alpha value is -3.92. The first-order chi connectivity index (χ1) is 15.6. The third-order valence-corrected chi connectivity index (χ3v) is 5.90. The molecule has 2 amide bonds. The number of rotatable bonds is 7. The molecule has 0 aliphatic heterocycles. The van der Waals surface area contributed by atoms with Crippen LogP contribution in [0.5, 0.6) is 5.75 Å². The van der Waals surface area contributed by atoms with E-state index in [2.05, 4.69) is 15.6 Å². The predicted molar refractivity (Wildman–Crippen MR) is 121 cm³/mol. The summed E-state index contributed by atoms with van der Waals surface area (Å²) < 4.78 is 45.9. The molecule has 0 radical (unpaired) electrons. The summed E-state index contributed by atoms with van der Waals surface area (Å²) in [5.41, 5.74) is 5.70. The van der Waals surface area contributed by atoms with E-state index in [1.165, 1.54) is 67.6 Å². The van der Waals surface area contributed by atoms with Crippen molar-refractivity contribution in [3.05, 3.63) is 89.7 Å². The van der Waals surface area contributed by atoms with Crippen molar-refractivity contribution in [2.75, 3.05) is 4.72 Å². The molecule has 3 aromatic rings. The van der Waals surface area contributed by atoms with Crippen LogP contribution in [0.1, 0.15) is 22.8 Å². The first-order valence-corrected chi connectivity index (χ1v) is 11.3. The molecule has 0 fully saturated rings. The summed E-state index contributed by atoms with van der Waals surface area (Å²) in [5, 5.41) is 0. The second-order valence-corrected chi connectivity index (χ2v) is 8.84. The van der Waals surface area contributed by atoms with E-state index in [0.717, 1.165) is 5.56 Å². The van der Waals surface area contributed by atoms with Crippen molar-refractivity contribution >= 4 is 27.5 Å². The molecule has 0 saturated heterocycles. The number of hydrogen-bond acceptors (Lipinski definition) is 5. The number of carbonyl (C=O) groups is 2. The number of halogens is 1. The van der Waals surface area contributed by atoms with Gasteiger partial charge in [-0.2, -0.15) is 0 Å². The van der Waals surface area contributed by atoms with Gasteiger partial charge < -0.3 is 4.74 Å². The van der Waals surface area contributed by atoms with Crippen molar-refractivity contribution in [3.63, 3.8) is 0 Å². The number of benzene rings is 3. The second-order valence-electron chi connectivity index (χ2n) is 7.16. The van der Waals surface area contributed by atoms with Crippen molar-refractivity contribution in [1.29, 1.82) is 0 Å². The number of amides is 2. The molecule has 0 bridgehead atoms. The summed E-state index contributed by atoms with van der Waals surface area (Å²) >= 11 is 0. The Bertz CT molecular complexity index is 1250. The van der Waals surface area contributed by atoms with Gasteiger partial charge in [-0.05, 0) is 68.4 Å². The van der Waals surface area contributed by atoms with Crippen molar-refractivity contribution < 1.29 is 27.1 Å². The van der Waals surface area contributed by atoms with E-state index in [1.54, 1.807) is 12.1 Å². The molecule has 33 heavy (non-hydrogen) atoms. The topological polar surface area (TPSA) is 114 Å². The minimum Gasteiger partial charge on any atom is -0.481 e. The Morgan fingerprint density at radius 2 is 1.61 bits per heavy atom. The third kappa shape index (κ3) is 6.53. The smallest absolute Gasteiger partial charge is 0.279 e. The fourth-order valence-electron chi connectivity index (χ4n) is 2.72. The SMILES string of the molecule is Cc1ccc(S(=O)(=O)Nc2cccc(C(=O)NNC(=O)C(C)Oc3ccc(F)cc3)c2)cc1. The molecule has 172 valence electrons. The zero-order valence-corrected chi connectivity index (χ0v) is 18.6. The highest BCUT2D eigenvalue weighted by Crippen LogP contribution is 2.18. The molecule has 0 aliphatic carbocycles. The van der Waals surface area contributed by atoms with Crippen LogP contribution in [0.15, 0.2) is 77.7 Å². The molecule has 3 N–H and O–H groups in total. The lowest BCUT2D eigenvalue weighted by Gasteiger charge is -2.15. The fraction of sp³-hybridized carbons (Fsp3) is 0.130. The zero-order chi connectivity index (χ0) is 24.0. The number of hydrazine groups is 1. The van der Waals surface area contributed by atoms with Crippen molar-refractivity contribution in [2.45, 2.75) is 24.8 Å². The van der Waals surface area contributed by atoms with E-state index in [0.29, 0.717) is 5.75 Å². The minimum absolute atomic E-state index is 0.0883. The molecule has 0 heterocycles. The van der Waals surface area contributed by atoms with Gasteiger partial charge in [0.25, 0.3) is 21.8 Å². The van der Waals surface area contributed by atoms with Gasteiger partial charge in [0.1, 0.15) is 11.6 Å². The summed E-state index contributed by atoms with van der Waals surface area (Å²) in [6.07, 6.45) is -0.969. The van der Waals surface area contributed by atoms with Gasteiger partial charge in [-0.1, -0.05) is 23.8 Å². The molecule has 10 heteroatoms. The number of aryl methyl sites for hydroxylation is 1. The van der Waals surface area contributed by atoms with Gasteiger partial charge in [-0.25, -0.2) is 12.8 Å². The van der Waals surface area contributed by atoms with Crippen LogP contribution in [0, 0.1) is 12.7 Å². The molecule has 0 aromatic heterocycles. The van der Waals surface area contributed by atoms with Crippen LogP contribution in [0.4, 0.5) is 10.1 Å². The number of carbonyl (C=O) groups excluding carboxylic acids is 2. The molecule has 0 aliphatic rings. The minimum atomic E-state index is -3.83. The number of nitrogens with one attached hydrogen (secondary N) is 3. The fourth-order valence-corrected chi connectivity index (χ4v) is 3.77. The maximum absolute atomic E-state index is 13.0. The molecule has 1 atom stereocenters. The Morgan fingerprint density at radius 3 is 2.27 bits per heavy atom. The average molecular weight is 472 g/mol. The highest BCUT2D eigenvalue weighted by atomic mass is 32.2. The second kappa shape index (κ2) is 10.1. The van der Waals surface area contributed by atoms with Crippen molar-refractivity contribution in [3.8, 4) is 5.75 Å². The Kier molecular flexibility index (Phi) is 7.29. The van der Waals surface area contributed by atoms with Gasteiger partial charge in [-0.15, -0.1) is 0 Å². The largest absolute Gasteiger partial charge is 0.481 e. The maximum Gasteiger partial charge on any atom is 0.279 e. The van der Waals surface area contributed by atoms with Gasteiger partial charge in [0.05, 0.1) is 4.90 Å². The third-order valence-electron chi connectivity index (χ3n) is 4.50. The highest BCUT2D eigenvalue weighted by Gasteiger charge is 2.17. The molecular weight excluding hydrogens is 449 g/mol. The highest BCUT2D eigenvalue weighted by molar-refractivity contribution is 7.92. The van der Waals surface area contributed by atoms with Gasteiger partial charge in [0.2, 0.25) is 0 Å². The molecule has 0 saturated carbocycles. The number of sulfonamides is 1. The van der Waals surface area contributed by atoms with E-state index in [9.17, 15) is 22.4 Å². The van der Waals surface area contributed by atoms with E-state index < -0.39 is 33.8 Å². The van der Waals surface area contributed by atoms with Gasteiger partial charge in [-0.3, -0.25) is 25.2 Å². The number of hydrogen-bond donors (Lipinski definition) is 3. The van der Waals surface area contributed by atoms with Gasteiger partial charge in [0, 0.05) is 11.3 Å². The van der Waals surface area contributed by atoms with Crippen LogP contribution < -0.4 is 20.3 Å². The van der Waals surface area contributed by atoms with Crippen LogP contribution in [-0.4, -0.2) is 26.3 Å². The lowest BCUT2D eigenvalue weighted by atomic mass is 10.2. The normalized spacial score (nSPS) is 11.8.